The molecule has 0 radical (unpaired) electrons. The Bertz CT molecular complexity index is 244. The highest BCUT2D eigenvalue weighted by molar-refractivity contribution is 5.70. The van der Waals surface area contributed by atoms with Gasteiger partial charge in [0, 0.05) is 12.4 Å². The Morgan fingerprint density at radius 1 is 1.50 bits per heavy atom. The van der Waals surface area contributed by atoms with Gasteiger partial charge < -0.3 is 4.74 Å². The van der Waals surface area contributed by atoms with Crippen LogP contribution in [0.25, 0.3) is 0 Å². The summed E-state index contributed by atoms with van der Waals surface area (Å²) < 4.78 is 5.02. The highest BCUT2D eigenvalue weighted by atomic mass is 16.6. The van der Waals surface area contributed by atoms with E-state index in [1.165, 1.54) is 4.90 Å². The van der Waals surface area contributed by atoms with Crippen LogP contribution in [0.4, 0.5) is 4.79 Å². The number of rotatable bonds is 4. The first-order chi connectivity index (χ1) is 6.84. The minimum atomic E-state index is -0.318. The fourth-order valence-electron chi connectivity index (χ4n) is 1.06. The lowest BCUT2D eigenvalue weighted by Crippen LogP contribution is -2.22. The molecule has 0 aromatic carbocycles. The lowest BCUT2D eigenvalue weighted by atomic mass is 10.3. The van der Waals surface area contributed by atoms with E-state index >= 15 is 0 Å². The minimum absolute atomic E-state index is 0.318. The molecule has 0 aliphatic carbocycles. The lowest BCUT2D eigenvalue weighted by Gasteiger charge is -2.15. The number of allylic oxidation sites excluding steroid dienone is 3. The van der Waals surface area contributed by atoms with Crippen molar-refractivity contribution in [1.29, 1.82) is 0 Å². The van der Waals surface area contributed by atoms with Crippen molar-refractivity contribution in [2.75, 3.05) is 6.61 Å². The van der Waals surface area contributed by atoms with Gasteiger partial charge in [0.15, 0.2) is 0 Å². The Morgan fingerprint density at radius 2 is 2.21 bits per heavy atom. The van der Waals surface area contributed by atoms with Crippen molar-refractivity contribution in [3.63, 3.8) is 0 Å². The maximum Gasteiger partial charge on any atom is 0.417 e. The normalized spacial score (nSPS) is 14.1. The molecular weight excluding hydrogens is 178 g/mol. The Hall–Kier alpha value is -1.51. The first-order valence-electron chi connectivity index (χ1n) is 4.74. The molecule has 0 N–H and O–H groups in total. The van der Waals surface area contributed by atoms with Crippen molar-refractivity contribution >= 4 is 6.09 Å². The first kappa shape index (κ1) is 10.6. The van der Waals surface area contributed by atoms with E-state index in [0.717, 1.165) is 19.3 Å². The number of amides is 1. The van der Waals surface area contributed by atoms with Gasteiger partial charge in [-0.05, 0) is 19.3 Å². The lowest BCUT2D eigenvalue weighted by molar-refractivity contribution is 0.126. The van der Waals surface area contributed by atoms with Gasteiger partial charge in [-0.3, -0.25) is 4.90 Å². The molecular formula is C11H15NO2. The molecule has 0 spiro atoms. The number of carbonyl (C=O) groups is 1. The molecule has 1 amide bonds. The van der Waals surface area contributed by atoms with Crippen LogP contribution in [0.1, 0.15) is 19.3 Å². The van der Waals surface area contributed by atoms with E-state index in [1.54, 1.807) is 12.4 Å². The van der Waals surface area contributed by atoms with E-state index < -0.39 is 0 Å². The SMILES string of the molecule is C=CCCCOC(=O)N1C=CCC=C1. The quantitative estimate of drug-likeness (QED) is 0.507. The van der Waals surface area contributed by atoms with Gasteiger partial charge in [-0.25, -0.2) is 4.79 Å². The molecule has 1 rings (SSSR count). The maximum atomic E-state index is 11.3. The molecule has 0 aromatic heterocycles. The summed E-state index contributed by atoms with van der Waals surface area (Å²) in [5, 5.41) is 0. The van der Waals surface area contributed by atoms with Crippen molar-refractivity contribution < 1.29 is 9.53 Å². The molecule has 3 nitrogen and oxygen atoms in total. The van der Waals surface area contributed by atoms with E-state index in [4.69, 9.17) is 4.74 Å². The highest BCUT2D eigenvalue weighted by Crippen LogP contribution is 2.05. The van der Waals surface area contributed by atoms with Gasteiger partial charge in [-0.1, -0.05) is 18.2 Å². The molecule has 1 aliphatic heterocycles. The smallest absolute Gasteiger partial charge is 0.417 e. The first-order valence-corrected chi connectivity index (χ1v) is 4.74. The molecule has 0 unspecified atom stereocenters. The van der Waals surface area contributed by atoms with Crippen LogP contribution >= 0.6 is 0 Å². The van der Waals surface area contributed by atoms with Crippen LogP contribution in [-0.4, -0.2) is 17.6 Å². The molecule has 0 atom stereocenters. The summed E-state index contributed by atoms with van der Waals surface area (Å²) in [6, 6.07) is 0. The maximum absolute atomic E-state index is 11.3. The largest absolute Gasteiger partial charge is 0.449 e. The number of hydrogen-bond acceptors (Lipinski definition) is 2. The van der Waals surface area contributed by atoms with Gasteiger partial charge in [-0.15, -0.1) is 6.58 Å². The van der Waals surface area contributed by atoms with Gasteiger partial charge >= 0.3 is 6.09 Å². The van der Waals surface area contributed by atoms with Crippen molar-refractivity contribution in [2.24, 2.45) is 0 Å². The summed E-state index contributed by atoms with van der Waals surface area (Å²) in [4.78, 5) is 12.8. The summed E-state index contributed by atoms with van der Waals surface area (Å²) in [5.74, 6) is 0. The van der Waals surface area contributed by atoms with E-state index in [2.05, 4.69) is 6.58 Å². The van der Waals surface area contributed by atoms with E-state index in [-0.39, 0.29) is 6.09 Å². The Morgan fingerprint density at radius 3 is 2.86 bits per heavy atom. The summed E-state index contributed by atoms with van der Waals surface area (Å²) in [6.07, 6.45) is 11.3. The summed E-state index contributed by atoms with van der Waals surface area (Å²) in [6.45, 7) is 4.04. The zero-order valence-electron chi connectivity index (χ0n) is 8.19. The van der Waals surface area contributed by atoms with Gasteiger partial charge in [0.2, 0.25) is 0 Å². The highest BCUT2D eigenvalue weighted by Gasteiger charge is 2.09. The Labute approximate surface area is 84.3 Å². The van der Waals surface area contributed by atoms with Crippen molar-refractivity contribution in [3.05, 3.63) is 37.2 Å². The Kier molecular flexibility index (Phi) is 4.55. The topological polar surface area (TPSA) is 29.5 Å². The van der Waals surface area contributed by atoms with Crippen LogP contribution in [0.5, 0.6) is 0 Å². The van der Waals surface area contributed by atoms with E-state index in [0.29, 0.717) is 6.61 Å². The van der Waals surface area contributed by atoms with Crippen LogP contribution in [0.3, 0.4) is 0 Å². The average molecular weight is 193 g/mol. The van der Waals surface area contributed by atoms with Crippen LogP contribution in [0.15, 0.2) is 37.2 Å². The van der Waals surface area contributed by atoms with Gasteiger partial charge in [0.05, 0.1) is 6.61 Å². The Balaban J connectivity index is 2.20. The summed E-state index contributed by atoms with van der Waals surface area (Å²) in [5.41, 5.74) is 0. The standard InChI is InChI=1S/C11H15NO2/c1-2-3-7-10-14-11(13)12-8-5-4-6-9-12/h2,5-6,8-9H,1,3-4,7,10H2. The van der Waals surface area contributed by atoms with Gasteiger partial charge in [0.25, 0.3) is 0 Å². The number of unbranched alkanes of at least 4 members (excludes halogenated alkanes) is 1. The number of hydrogen-bond donors (Lipinski definition) is 0. The third-order valence-corrected chi connectivity index (χ3v) is 1.79. The molecule has 0 bridgehead atoms. The number of nitrogens with zero attached hydrogens (tertiary/aromatic N) is 1. The zero-order chi connectivity index (χ0) is 10.2. The molecule has 3 heteroatoms. The third-order valence-electron chi connectivity index (χ3n) is 1.79. The zero-order valence-corrected chi connectivity index (χ0v) is 8.19. The van der Waals surface area contributed by atoms with Crippen LogP contribution in [0, 0.1) is 0 Å². The van der Waals surface area contributed by atoms with E-state index in [1.807, 2.05) is 18.2 Å². The molecule has 1 aliphatic rings. The van der Waals surface area contributed by atoms with Crippen molar-refractivity contribution in [3.8, 4) is 0 Å². The van der Waals surface area contributed by atoms with Crippen LogP contribution in [-0.2, 0) is 4.74 Å². The molecule has 0 saturated heterocycles. The fourth-order valence-corrected chi connectivity index (χ4v) is 1.06. The molecule has 1 heterocycles. The fraction of sp³-hybridized carbons (Fsp3) is 0.364. The molecule has 0 aromatic rings. The van der Waals surface area contributed by atoms with Gasteiger partial charge in [0.1, 0.15) is 0 Å². The molecule has 76 valence electrons. The summed E-state index contributed by atoms with van der Waals surface area (Å²) in [7, 11) is 0. The third kappa shape index (κ3) is 3.47. The van der Waals surface area contributed by atoms with Crippen molar-refractivity contribution in [2.45, 2.75) is 19.3 Å². The number of ether oxygens (including phenoxy) is 1. The molecule has 0 fully saturated rings. The second-order valence-electron chi connectivity index (χ2n) is 2.96. The average Bonchev–Trinajstić information content (AvgIpc) is 2.25. The predicted octanol–water partition coefficient (Wildman–Crippen LogP) is 2.82. The summed E-state index contributed by atoms with van der Waals surface area (Å²) >= 11 is 0. The van der Waals surface area contributed by atoms with Crippen molar-refractivity contribution in [1.82, 2.24) is 4.90 Å². The molecule has 0 saturated carbocycles. The monoisotopic (exact) mass is 193 g/mol. The predicted molar refractivity (Wildman–Crippen MR) is 55.5 cm³/mol. The van der Waals surface area contributed by atoms with Gasteiger partial charge in [-0.2, -0.15) is 0 Å². The minimum Gasteiger partial charge on any atom is -0.449 e. The van der Waals surface area contributed by atoms with Crippen LogP contribution in [0.2, 0.25) is 0 Å². The number of carbonyl (C=O) groups excluding carboxylic acids is 1. The van der Waals surface area contributed by atoms with E-state index in [9.17, 15) is 4.79 Å². The molecule has 14 heavy (non-hydrogen) atoms. The second kappa shape index (κ2) is 6.02. The van der Waals surface area contributed by atoms with Crippen LogP contribution < -0.4 is 0 Å². The second-order valence-corrected chi connectivity index (χ2v) is 2.96.